The van der Waals surface area contributed by atoms with E-state index in [2.05, 4.69) is 40.8 Å². The fourth-order valence-corrected chi connectivity index (χ4v) is 3.21. The first-order chi connectivity index (χ1) is 10.3. The Balaban J connectivity index is 1.90. The summed E-state index contributed by atoms with van der Waals surface area (Å²) in [5.41, 5.74) is 2.36. The Labute approximate surface area is 126 Å². The number of piperidine rings is 1. The first kappa shape index (κ1) is 14.5. The third-order valence-corrected chi connectivity index (χ3v) is 4.43. The molecule has 1 saturated heterocycles. The molecule has 2 aromatic rings. The minimum atomic E-state index is 0.579. The predicted octanol–water partition coefficient (Wildman–Crippen LogP) is 2.88. The molecule has 2 heterocycles. The van der Waals surface area contributed by atoms with E-state index in [-0.39, 0.29) is 0 Å². The maximum atomic E-state index is 5.56. The number of para-hydroxylation sites is 2. The van der Waals surface area contributed by atoms with Crippen LogP contribution < -0.4 is 0 Å². The number of rotatable bonds is 5. The maximum absolute atomic E-state index is 5.56. The van der Waals surface area contributed by atoms with Crippen LogP contribution in [-0.2, 0) is 11.3 Å². The smallest absolute Gasteiger partial charge is 0.113 e. The number of imidazole rings is 1. The van der Waals surface area contributed by atoms with Crippen molar-refractivity contribution in [3.05, 3.63) is 30.1 Å². The van der Waals surface area contributed by atoms with E-state index in [0.717, 1.165) is 25.3 Å². The highest BCUT2D eigenvalue weighted by atomic mass is 16.5. The molecule has 1 aromatic carbocycles. The zero-order valence-electron chi connectivity index (χ0n) is 13.1. The maximum Gasteiger partial charge on any atom is 0.113 e. The van der Waals surface area contributed by atoms with Gasteiger partial charge in [-0.2, -0.15) is 0 Å². The van der Waals surface area contributed by atoms with Crippen LogP contribution in [-0.4, -0.2) is 47.8 Å². The number of ether oxygens (including phenoxy) is 1. The van der Waals surface area contributed by atoms with Crippen LogP contribution in [0.1, 0.15) is 31.5 Å². The molecule has 114 valence electrons. The van der Waals surface area contributed by atoms with E-state index in [1.54, 1.807) is 0 Å². The zero-order chi connectivity index (χ0) is 14.7. The molecule has 1 aromatic heterocycles. The van der Waals surface area contributed by atoms with Crippen molar-refractivity contribution in [3.63, 3.8) is 0 Å². The Kier molecular flexibility index (Phi) is 4.56. The highest BCUT2D eigenvalue weighted by molar-refractivity contribution is 5.76. The molecule has 3 rings (SSSR count). The van der Waals surface area contributed by atoms with Gasteiger partial charge in [-0.1, -0.05) is 12.1 Å². The molecule has 4 heteroatoms. The summed E-state index contributed by atoms with van der Waals surface area (Å²) in [6.07, 6.45) is 2.41. The third kappa shape index (κ3) is 3.11. The molecule has 0 saturated carbocycles. The lowest BCUT2D eigenvalue weighted by Gasteiger charge is -2.29. The van der Waals surface area contributed by atoms with Gasteiger partial charge in [-0.15, -0.1) is 0 Å². The van der Waals surface area contributed by atoms with E-state index in [1.807, 2.05) is 6.92 Å². The van der Waals surface area contributed by atoms with E-state index in [1.165, 1.54) is 37.3 Å². The van der Waals surface area contributed by atoms with Crippen molar-refractivity contribution >= 4 is 11.0 Å². The normalized spacial score (nSPS) is 17.6. The van der Waals surface area contributed by atoms with Crippen molar-refractivity contribution in [3.8, 4) is 0 Å². The molecule has 4 nitrogen and oxygen atoms in total. The van der Waals surface area contributed by atoms with Crippen molar-refractivity contribution in [1.82, 2.24) is 14.5 Å². The van der Waals surface area contributed by atoms with Crippen molar-refractivity contribution < 1.29 is 4.74 Å². The molecule has 0 atom stereocenters. The monoisotopic (exact) mass is 287 g/mol. The van der Waals surface area contributed by atoms with Crippen molar-refractivity contribution in [2.75, 3.05) is 33.4 Å². The van der Waals surface area contributed by atoms with Gasteiger partial charge in [-0.25, -0.2) is 4.98 Å². The zero-order valence-corrected chi connectivity index (χ0v) is 13.1. The van der Waals surface area contributed by atoms with Crippen LogP contribution in [0.2, 0.25) is 0 Å². The molecule has 0 amide bonds. The Morgan fingerprint density at radius 1 is 1.24 bits per heavy atom. The molecule has 0 spiro atoms. The van der Waals surface area contributed by atoms with E-state index in [4.69, 9.17) is 9.72 Å². The predicted molar refractivity (Wildman–Crippen MR) is 85.7 cm³/mol. The fourth-order valence-electron chi connectivity index (χ4n) is 3.21. The van der Waals surface area contributed by atoms with Crippen molar-refractivity contribution in [2.45, 2.75) is 32.2 Å². The second-order valence-electron chi connectivity index (χ2n) is 5.88. The first-order valence-electron chi connectivity index (χ1n) is 8.01. The van der Waals surface area contributed by atoms with Gasteiger partial charge in [0.1, 0.15) is 5.82 Å². The summed E-state index contributed by atoms with van der Waals surface area (Å²) in [6, 6.07) is 8.46. The fraction of sp³-hybridized carbons (Fsp3) is 0.588. The number of benzene rings is 1. The van der Waals surface area contributed by atoms with Crippen LogP contribution >= 0.6 is 0 Å². The van der Waals surface area contributed by atoms with Gasteiger partial charge in [-0.05, 0) is 52.0 Å². The minimum absolute atomic E-state index is 0.579. The summed E-state index contributed by atoms with van der Waals surface area (Å²) in [7, 11) is 2.20. The van der Waals surface area contributed by atoms with E-state index in [9.17, 15) is 0 Å². The van der Waals surface area contributed by atoms with E-state index in [0.29, 0.717) is 5.92 Å². The number of hydrogen-bond acceptors (Lipinski definition) is 3. The summed E-state index contributed by atoms with van der Waals surface area (Å²) in [4.78, 5) is 7.34. The molecule has 21 heavy (non-hydrogen) atoms. The van der Waals surface area contributed by atoms with Crippen LogP contribution in [0, 0.1) is 0 Å². The van der Waals surface area contributed by atoms with Gasteiger partial charge in [0.25, 0.3) is 0 Å². The summed E-state index contributed by atoms with van der Waals surface area (Å²) < 4.78 is 7.93. The number of likely N-dealkylation sites (tertiary alicyclic amines) is 1. The van der Waals surface area contributed by atoms with Crippen LogP contribution in [0.5, 0.6) is 0 Å². The molecule has 0 radical (unpaired) electrons. The molecular formula is C17H25N3O. The highest BCUT2D eigenvalue weighted by Gasteiger charge is 2.23. The second-order valence-corrected chi connectivity index (χ2v) is 5.88. The van der Waals surface area contributed by atoms with E-state index < -0.39 is 0 Å². The van der Waals surface area contributed by atoms with Gasteiger partial charge in [0.15, 0.2) is 0 Å². The SMILES string of the molecule is CCOCCn1c(C2CCN(C)CC2)nc2ccccc21. The highest BCUT2D eigenvalue weighted by Crippen LogP contribution is 2.29. The van der Waals surface area contributed by atoms with Gasteiger partial charge < -0.3 is 14.2 Å². The van der Waals surface area contributed by atoms with Crippen LogP contribution in [0.3, 0.4) is 0 Å². The Hall–Kier alpha value is -1.39. The van der Waals surface area contributed by atoms with Crippen molar-refractivity contribution in [1.29, 1.82) is 0 Å². The molecule has 0 aliphatic carbocycles. The largest absolute Gasteiger partial charge is 0.380 e. The van der Waals surface area contributed by atoms with Gasteiger partial charge in [0, 0.05) is 19.1 Å². The Bertz CT molecular complexity index is 585. The summed E-state index contributed by atoms with van der Waals surface area (Å²) >= 11 is 0. The first-order valence-corrected chi connectivity index (χ1v) is 8.01. The van der Waals surface area contributed by atoms with Gasteiger partial charge >= 0.3 is 0 Å². The number of aromatic nitrogens is 2. The van der Waals surface area contributed by atoms with Crippen LogP contribution in [0.15, 0.2) is 24.3 Å². The molecule has 1 aliphatic heterocycles. The van der Waals surface area contributed by atoms with Crippen LogP contribution in [0.4, 0.5) is 0 Å². The summed E-state index contributed by atoms with van der Waals surface area (Å²) in [5.74, 6) is 1.83. The van der Waals surface area contributed by atoms with E-state index >= 15 is 0 Å². The van der Waals surface area contributed by atoms with Gasteiger partial charge in [0.2, 0.25) is 0 Å². The average molecular weight is 287 g/mol. The molecular weight excluding hydrogens is 262 g/mol. The number of fused-ring (bicyclic) bond motifs is 1. The quantitative estimate of drug-likeness (QED) is 0.792. The summed E-state index contributed by atoms with van der Waals surface area (Å²) in [6.45, 7) is 6.81. The Morgan fingerprint density at radius 2 is 2.00 bits per heavy atom. The lowest BCUT2D eigenvalue weighted by atomic mass is 9.96. The third-order valence-electron chi connectivity index (χ3n) is 4.43. The lowest BCUT2D eigenvalue weighted by Crippen LogP contribution is -2.30. The lowest BCUT2D eigenvalue weighted by molar-refractivity contribution is 0.138. The second kappa shape index (κ2) is 6.58. The van der Waals surface area contributed by atoms with Gasteiger partial charge in [0.05, 0.1) is 17.6 Å². The number of hydrogen-bond donors (Lipinski definition) is 0. The molecule has 0 unspecified atom stereocenters. The van der Waals surface area contributed by atoms with Crippen LogP contribution in [0.25, 0.3) is 11.0 Å². The molecule has 0 N–H and O–H groups in total. The molecule has 0 bridgehead atoms. The standard InChI is InChI=1S/C17H25N3O/c1-3-21-13-12-20-16-7-5-4-6-15(16)18-17(20)14-8-10-19(2)11-9-14/h4-7,14H,3,8-13H2,1-2H3. The molecule has 1 aliphatic rings. The minimum Gasteiger partial charge on any atom is -0.380 e. The van der Waals surface area contributed by atoms with Gasteiger partial charge in [-0.3, -0.25) is 0 Å². The van der Waals surface area contributed by atoms with Crippen molar-refractivity contribution in [2.24, 2.45) is 0 Å². The topological polar surface area (TPSA) is 30.3 Å². The number of nitrogens with zero attached hydrogens (tertiary/aromatic N) is 3. The summed E-state index contributed by atoms with van der Waals surface area (Å²) in [5, 5.41) is 0. The average Bonchev–Trinajstić information content (AvgIpc) is 2.87. The molecule has 1 fully saturated rings. The Morgan fingerprint density at radius 3 is 2.76 bits per heavy atom.